The highest BCUT2D eigenvalue weighted by molar-refractivity contribution is 5.73. The van der Waals surface area contributed by atoms with Crippen molar-refractivity contribution in [2.75, 3.05) is 13.2 Å². The molecule has 0 spiro atoms. The summed E-state index contributed by atoms with van der Waals surface area (Å²) in [4.78, 5) is 10.4. The Morgan fingerprint density at radius 2 is 2.36 bits per heavy atom. The molecule has 1 aromatic heterocycles. The number of carbonyl (C=O) groups is 1. The van der Waals surface area contributed by atoms with Crippen molar-refractivity contribution in [2.45, 2.75) is 19.4 Å². The normalized spacial score (nSPS) is 18.3. The van der Waals surface area contributed by atoms with Crippen LogP contribution in [-0.4, -0.2) is 29.3 Å². The lowest BCUT2D eigenvalue weighted by atomic mass is 10.0. The Bertz CT molecular complexity index is 303. The van der Waals surface area contributed by atoms with Crippen molar-refractivity contribution in [3.8, 4) is 0 Å². The molecule has 0 radical (unpaired) electrons. The minimum Gasteiger partial charge on any atom is -0.381 e. The molecule has 0 amide bonds. The average molecular weight is 194 g/mol. The summed E-state index contributed by atoms with van der Waals surface area (Å²) >= 11 is 0. The molecule has 4 nitrogen and oxygen atoms in total. The van der Waals surface area contributed by atoms with E-state index in [2.05, 4.69) is 5.10 Å². The lowest BCUT2D eigenvalue weighted by molar-refractivity contribution is 0.0601. The van der Waals surface area contributed by atoms with E-state index in [0.29, 0.717) is 11.5 Å². The van der Waals surface area contributed by atoms with Gasteiger partial charge in [0.1, 0.15) is 0 Å². The molecular formula is C10H14N2O2. The summed E-state index contributed by atoms with van der Waals surface area (Å²) in [5.41, 5.74) is 0.650. The first-order chi connectivity index (χ1) is 6.88. The number of aromatic nitrogens is 2. The highest BCUT2D eigenvalue weighted by Crippen LogP contribution is 2.16. The van der Waals surface area contributed by atoms with Crippen molar-refractivity contribution in [3.63, 3.8) is 0 Å². The lowest BCUT2D eigenvalue weighted by Crippen LogP contribution is -2.20. The van der Waals surface area contributed by atoms with E-state index in [1.165, 1.54) is 0 Å². The number of ether oxygens (including phenoxy) is 1. The topological polar surface area (TPSA) is 44.1 Å². The van der Waals surface area contributed by atoms with Gasteiger partial charge in [-0.25, -0.2) is 0 Å². The molecule has 1 fully saturated rings. The second kappa shape index (κ2) is 4.37. The van der Waals surface area contributed by atoms with Gasteiger partial charge in [0, 0.05) is 26.0 Å². The van der Waals surface area contributed by atoms with Crippen LogP contribution in [0.1, 0.15) is 23.2 Å². The van der Waals surface area contributed by atoms with Crippen LogP contribution in [0.2, 0.25) is 0 Å². The molecule has 0 N–H and O–H groups in total. The molecule has 0 aromatic carbocycles. The summed E-state index contributed by atoms with van der Waals surface area (Å²) in [6.07, 6.45) is 6.41. The number of hydrogen-bond acceptors (Lipinski definition) is 3. The smallest absolute Gasteiger partial charge is 0.153 e. The van der Waals surface area contributed by atoms with Crippen molar-refractivity contribution in [1.82, 2.24) is 9.78 Å². The summed E-state index contributed by atoms with van der Waals surface area (Å²) in [5.74, 6) is 0.642. The minimum absolute atomic E-state index is 0.642. The van der Waals surface area contributed by atoms with E-state index in [1.807, 2.05) is 4.68 Å². The Morgan fingerprint density at radius 3 is 3.00 bits per heavy atom. The van der Waals surface area contributed by atoms with Crippen LogP contribution in [0, 0.1) is 5.92 Å². The predicted molar refractivity (Wildman–Crippen MR) is 51.2 cm³/mol. The van der Waals surface area contributed by atoms with Crippen molar-refractivity contribution >= 4 is 6.29 Å². The van der Waals surface area contributed by atoms with Crippen molar-refractivity contribution in [2.24, 2.45) is 5.92 Å². The molecule has 76 valence electrons. The zero-order chi connectivity index (χ0) is 9.80. The third kappa shape index (κ3) is 2.20. The molecule has 0 saturated carbocycles. The molecule has 1 saturated heterocycles. The molecule has 14 heavy (non-hydrogen) atoms. The summed E-state index contributed by atoms with van der Waals surface area (Å²) in [6, 6.07) is 0. The number of carbonyl (C=O) groups excluding carboxylic acids is 1. The monoisotopic (exact) mass is 194 g/mol. The van der Waals surface area contributed by atoms with E-state index in [-0.39, 0.29) is 0 Å². The van der Waals surface area contributed by atoms with E-state index in [1.54, 1.807) is 12.4 Å². The van der Waals surface area contributed by atoms with Gasteiger partial charge in [-0.3, -0.25) is 9.48 Å². The van der Waals surface area contributed by atoms with Crippen LogP contribution >= 0.6 is 0 Å². The third-order valence-corrected chi connectivity index (χ3v) is 2.58. The lowest BCUT2D eigenvalue weighted by Gasteiger charge is -2.21. The van der Waals surface area contributed by atoms with E-state index in [9.17, 15) is 4.79 Å². The second-order valence-electron chi connectivity index (χ2n) is 3.67. The van der Waals surface area contributed by atoms with Crippen LogP contribution in [0.15, 0.2) is 12.4 Å². The largest absolute Gasteiger partial charge is 0.381 e. The molecule has 0 bridgehead atoms. The molecule has 0 unspecified atom stereocenters. The third-order valence-electron chi connectivity index (χ3n) is 2.58. The van der Waals surface area contributed by atoms with Crippen LogP contribution in [0.4, 0.5) is 0 Å². The van der Waals surface area contributed by atoms with Crippen LogP contribution in [0.3, 0.4) is 0 Å². The van der Waals surface area contributed by atoms with Gasteiger partial charge in [0.05, 0.1) is 11.8 Å². The predicted octanol–water partition coefficient (Wildman–Crippen LogP) is 1.12. The Morgan fingerprint density at radius 1 is 1.57 bits per heavy atom. The van der Waals surface area contributed by atoms with Crippen LogP contribution in [0.5, 0.6) is 0 Å². The molecule has 1 aromatic rings. The first-order valence-corrected chi connectivity index (χ1v) is 4.94. The molecular weight excluding hydrogens is 180 g/mol. The first kappa shape index (κ1) is 9.40. The number of nitrogens with zero attached hydrogens (tertiary/aromatic N) is 2. The summed E-state index contributed by atoms with van der Waals surface area (Å²) in [7, 11) is 0. The average Bonchev–Trinajstić information content (AvgIpc) is 2.67. The number of aldehydes is 1. The van der Waals surface area contributed by atoms with E-state index in [0.717, 1.165) is 38.9 Å². The van der Waals surface area contributed by atoms with Crippen LogP contribution in [0.25, 0.3) is 0 Å². The number of hydrogen-bond donors (Lipinski definition) is 0. The van der Waals surface area contributed by atoms with E-state index < -0.39 is 0 Å². The van der Waals surface area contributed by atoms with Gasteiger partial charge < -0.3 is 4.74 Å². The van der Waals surface area contributed by atoms with Gasteiger partial charge in [-0.05, 0) is 18.8 Å². The molecule has 1 aliphatic rings. The van der Waals surface area contributed by atoms with Crippen LogP contribution in [-0.2, 0) is 11.3 Å². The van der Waals surface area contributed by atoms with Gasteiger partial charge in [-0.1, -0.05) is 0 Å². The molecule has 0 aliphatic carbocycles. The highest BCUT2D eigenvalue weighted by atomic mass is 16.5. The van der Waals surface area contributed by atoms with Gasteiger partial charge >= 0.3 is 0 Å². The SMILES string of the molecule is O=Cc1cnn(CC2CCOCC2)c1. The zero-order valence-corrected chi connectivity index (χ0v) is 8.06. The second-order valence-corrected chi connectivity index (χ2v) is 3.67. The van der Waals surface area contributed by atoms with E-state index >= 15 is 0 Å². The fourth-order valence-corrected chi connectivity index (χ4v) is 1.73. The fourth-order valence-electron chi connectivity index (χ4n) is 1.73. The maximum Gasteiger partial charge on any atom is 0.153 e. The van der Waals surface area contributed by atoms with Gasteiger partial charge in [-0.2, -0.15) is 5.10 Å². The summed E-state index contributed by atoms with van der Waals surface area (Å²) in [6.45, 7) is 2.61. The van der Waals surface area contributed by atoms with Gasteiger partial charge in [0.15, 0.2) is 6.29 Å². The Labute approximate surface area is 82.9 Å². The Hall–Kier alpha value is -1.16. The summed E-state index contributed by atoms with van der Waals surface area (Å²) < 4.78 is 7.12. The van der Waals surface area contributed by atoms with E-state index in [4.69, 9.17) is 4.74 Å². The molecule has 2 heterocycles. The maximum absolute atomic E-state index is 10.4. The van der Waals surface area contributed by atoms with Crippen molar-refractivity contribution in [3.05, 3.63) is 18.0 Å². The van der Waals surface area contributed by atoms with Crippen molar-refractivity contribution < 1.29 is 9.53 Å². The zero-order valence-electron chi connectivity index (χ0n) is 8.06. The molecule has 4 heteroatoms. The van der Waals surface area contributed by atoms with Gasteiger partial charge in [0.2, 0.25) is 0 Å². The summed E-state index contributed by atoms with van der Waals surface area (Å²) in [5, 5.41) is 4.13. The number of rotatable bonds is 3. The molecule has 2 rings (SSSR count). The molecule has 0 atom stereocenters. The fraction of sp³-hybridized carbons (Fsp3) is 0.600. The maximum atomic E-state index is 10.4. The standard InChI is InChI=1S/C10H14N2O2/c13-8-10-5-11-12(7-10)6-9-1-3-14-4-2-9/h5,7-9H,1-4,6H2. The van der Waals surface area contributed by atoms with Gasteiger partial charge in [0.25, 0.3) is 0 Å². The highest BCUT2D eigenvalue weighted by Gasteiger charge is 2.14. The first-order valence-electron chi connectivity index (χ1n) is 4.94. The van der Waals surface area contributed by atoms with Crippen LogP contribution < -0.4 is 0 Å². The van der Waals surface area contributed by atoms with Gasteiger partial charge in [-0.15, -0.1) is 0 Å². The minimum atomic E-state index is 0.642. The van der Waals surface area contributed by atoms with Crippen molar-refractivity contribution in [1.29, 1.82) is 0 Å². The quantitative estimate of drug-likeness (QED) is 0.677. The Balaban J connectivity index is 1.92. The Kier molecular flexibility index (Phi) is 2.93. The molecule has 1 aliphatic heterocycles.